The van der Waals surface area contributed by atoms with E-state index in [1.807, 2.05) is 25.1 Å². The molecule has 0 saturated carbocycles. The zero-order chi connectivity index (χ0) is 18.0. The van der Waals surface area contributed by atoms with Crippen molar-refractivity contribution in [2.75, 3.05) is 13.2 Å². The summed E-state index contributed by atoms with van der Waals surface area (Å²) in [6, 6.07) is 8.90. The number of aryl methyl sites for hydroxylation is 1. The normalized spacial score (nSPS) is 12.8. The number of hydrogen-bond acceptors (Lipinski definition) is 5. The van der Waals surface area contributed by atoms with Crippen LogP contribution in [0.3, 0.4) is 0 Å². The molecule has 0 bridgehead atoms. The fraction of sp³-hybridized carbons (Fsp3) is 0.300. The Hall–Kier alpha value is -2.82. The number of phenolic OH excluding ortho intramolecular Hbond substituents is 1. The number of benzene rings is 2. The summed E-state index contributed by atoms with van der Waals surface area (Å²) in [7, 11) is 0. The molecule has 2 aromatic rings. The smallest absolute Gasteiger partial charge is 0.203 e. The van der Waals surface area contributed by atoms with E-state index in [0.717, 1.165) is 23.1 Å². The van der Waals surface area contributed by atoms with E-state index in [0.29, 0.717) is 24.3 Å². The summed E-state index contributed by atoms with van der Waals surface area (Å²) in [5.74, 6) is 0.547. The average molecular weight is 340 g/mol. The molecule has 1 aliphatic carbocycles. The lowest BCUT2D eigenvalue weighted by Gasteiger charge is -2.17. The largest absolute Gasteiger partial charge is 0.504 e. The Morgan fingerprint density at radius 1 is 1.08 bits per heavy atom. The van der Waals surface area contributed by atoms with Crippen molar-refractivity contribution < 1.29 is 24.2 Å². The first-order chi connectivity index (χ1) is 12.0. The van der Waals surface area contributed by atoms with Crippen molar-refractivity contribution in [3.8, 4) is 28.4 Å². The van der Waals surface area contributed by atoms with Crippen molar-refractivity contribution in [2.45, 2.75) is 26.7 Å². The summed E-state index contributed by atoms with van der Waals surface area (Å²) in [4.78, 5) is 23.2. The van der Waals surface area contributed by atoms with Gasteiger partial charge in [0.2, 0.25) is 5.75 Å². The second-order valence-corrected chi connectivity index (χ2v) is 6.01. The molecule has 0 aromatic heterocycles. The molecule has 0 saturated heterocycles. The van der Waals surface area contributed by atoms with Crippen LogP contribution in [-0.2, 0) is 11.2 Å². The number of carbonyl (C=O) groups excluding carboxylic acids is 2. The van der Waals surface area contributed by atoms with E-state index in [-0.39, 0.29) is 29.7 Å². The van der Waals surface area contributed by atoms with Gasteiger partial charge in [-0.25, -0.2) is 0 Å². The molecule has 0 radical (unpaired) electrons. The van der Waals surface area contributed by atoms with Crippen molar-refractivity contribution in [1.82, 2.24) is 0 Å². The quantitative estimate of drug-likeness (QED) is 0.870. The molecule has 5 nitrogen and oxygen atoms in total. The van der Waals surface area contributed by atoms with Gasteiger partial charge < -0.3 is 14.6 Å². The van der Waals surface area contributed by atoms with Gasteiger partial charge in [0, 0.05) is 17.5 Å². The number of Topliss-reactive ketones (excluding diaryl/α,β-unsaturated/α-hetero) is 2. The Kier molecular flexibility index (Phi) is 4.74. The van der Waals surface area contributed by atoms with Crippen molar-refractivity contribution in [2.24, 2.45) is 0 Å². The lowest BCUT2D eigenvalue weighted by molar-refractivity contribution is -0.118. The highest BCUT2D eigenvalue weighted by Gasteiger charge is 2.22. The molecule has 0 unspecified atom stereocenters. The van der Waals surface area contributed by atoms with Crippen LogP contribution in [0, 0.1) is 0 Å². The van der Waals surface area contributed by atoms with E-state index < -0.39 is 0 Å². The van der Waals surface area contributed by atoms with E-state index in [2.05, 4.69) is 0 Å². The summed E-state index contributed by atoms with van der Waals surface area (Å²) in [6.45, 7) is 3.48. The summed E-state index contributed by atoms with van der Waals surface area (Å²) >= 11 is 0. The standard InChI is InChI=1S/C20H20O5/c1-3-24-20-18(23)9-7-16(19(20)25-11-12(2)21)14-4-6-15-13(10-14)5-8-17(15)22/h4,6-7,9-10,23H,3,5,8,11H2,1-2H3. The Morgan fingerprint density at radius 2 is 1.84 bits per heavy atom. The number of ketones is 2. The van der Waals surface area contributed by atoms with Crippen LogP contribution in [0.2, 0.25) is 0 Å². The number of carbonyl (C=O) groups is 2. The maximum absolute atomic E-state index is 11.8. The van der Waals surface area contributed by atoms with Gasteiger partial charge in [-0.2, -0.15) is 0 Å². The third-order valence-electron chi connectivity index (χ3n) is 4.14. The zero-order valence-electron chi connectivity index (χ0n) is 14.3. The van der Waals surface area contributed by atoms with Crippen LogP contribution in [0.5, 0.6) is 17.2 Å². The molecule has 1 aliphatic rings. The lowest BCUT2D eigenvalue weighted by Crippen LogP contribution is -2.09. The van der Waals surface area contributed by atoms with Gasteiger partial charge in [0.25, 0.3) is 0 Å². The van der Waals surface area contributed by atoms with Gasteiger partial charge in [-0.1, -0.05) is 18.2 Å². The zero-order valence-corrected chi connectivity index (χ0v) is 14.3. The van der Waals surface area contributed by atoms with Gasteiger partial charge in [0.1, 0.15) is 6.61 Å². The molecule has 0 amide bonds. The molecule has 5 heteroatoms. The van der Waals surface area contributed by atoms with Gasteiger partial charge in [-0.05, 0) is 43.5 Å². The first kappa shape index (κ1) is 17.0. The number of hydrogen-bond donors (Lipinski definition) is 1. The molecule has 0 spiro atoms. The van der Waals surface area contributed by atoms with Gasteiger partial charge in [0.05, 0.1) is 6.61 Å². The highest BCUT2D eigenvalue weighted by molar-refractivity contribution is 6.01. The Bertz CT molecular complexity index is 838. The third kappa shape index (κ3) is 3.36. The van der Waals surface area contributed by atoms with E-state index in [4.69, 9.17) is 9.47 Å². The highest BCUT2D eigenvalue weighted by atomic mass is 16.5. The number of aromatic hydroxyl groups is 1. The molecule has 0 aliphatic heterocycles. The molecule has 25 heavy (non-hydrogen) atoms. The van der Waals surface area contributed by atoms with E-state index in [1.54, 1.807) is 12.1 Å². The van der Waals surface area contributed by atoms with E-state index >= 15 is 0 Å². The fourth-order valence-electron chi connectivity index (χ4n) is 3.00. The number of rotatable bonds is 6. The van der Waals surface area contributed by atoms with E-state index in [9.17, 15) is 14.7 Å². The van der Waals surface area contributed by atoms with Crippen molar-refractivity contribution >= 4 is 11.6 Å². The van der Waals surface area contributed by atoms with Crippen molar-refractivity contribution in [3.05, 3.63) is 41.5 Å². The Labute approximate surface area is 146 Å². The number of ether oxygens (including phenoxy) is 2. The maximum Gasteiger partial charge on any atom is 0.203 e. The Morgan fingerprint density at radius 3 is 2.56 bits per heavy atom. The summed E-state index contributed by atoms with van der Waals surface area (Å²) in [5.41, 5.74) is 3.34. The minimum absolute atomic E-state index is 0.0412. The van der Waals surface area contributed by atoms with Crippen LogP contribution in [-0.4, -0.2) is 29.9 Å². The summed E-state index contributed by atoms with van der Waals surface area (Å²) in [6.07, 6.45) is 1.26. The van der Waals surface area contributed by atoms with Crippen LogP contribution in [0.4, 0.5) is 0 Å². The SMILES string of the molecule is CCOc1c(O)ccc(-c2ccc3c(c2)CCC3=O)c1OCC(C)=O. The van der Waals surface area contributed by atoms with Gasteiger partial charge >= 0.3 is 0 Å². The molecular formula is C20H20O5. The number of fused-ring (bicyclic) bond motifs is 1. The second kappa shape index (κ2) is 6.97. The molecule has 3 rings (SSSR count). The lowest BCUT2D eigenvalue weighted by atomic mass is 9.99. The molecule has 0 heterocycles. The third-order valence-corrected chi connectivity index (χ3v) is 4.14. The van der Waals surface area contributed by atoms with Gasteiger partial charge in [0.15, 0.2) is 23.1 Å². The van der Waals surface area contributed by atoms with Crippen LogP contribution in [0.15, 0.2) is 30.3 Å². The minimum Gasteiger partial charge on any atom is -0.504 e. The van der Waals surface area contributed by atoms with Crippen LogP contribution >= 0.6 is 0 Å². The summed E-state index contributed by atoms with van der Waals surface area (Å²) < 4.78 is 11.2. The fourth-order valence-corrected chi connectivity index (χ4v) is 3.00. The molecule has 2 aromatic carbocycles. The molecule has 1 N–H and O–H groups in total. The highest BCUT2D eigenvalue weighted by Crippen LogP contribution is 2.44. The first-order valence-electron chi connectivity index (χ1n) is 8.28. The molecule has 130 valence electrons. The number of phenols is 1. The van der Waals surface area contributed by atoms with Crippen molar-refractivity contribution in [1.29, 1.82) is 0 Å². The minimum atomic E-state index is -0.128. The van der Waals surface area contributed by atoms with Gasteiger partial charge in [-0.3, -0.25) is 9.59 Å². The van der Waals surface area contributed by atoms with Gasteiger partial charge in [-0.15, -0.1) is 0 Å². The molecule has 0 atom stereocenters. The monoisotopic (exact) mass is 340 g/mol. The predicted molar refractivity (Wildman–Crippen MR) is 93.5 cm³/mol. The van der Waals surface area contributed by atoms with E-state index in [1.165, 1.54) is 6.92 Å². The Balaban J connectivity index is 2.10. The van der Waals surface area contributed by atoms with Crippen LogP contribution in [0.25, 0.3) is 11.1 Å². The predicted octanol–water partition coefficient (Wildman–Crippen LogP) is 3.55. The topological polar surface area (TPSA) is 72.8 Å². The van der Waals surface area contributed by atoms with Crippen LogP contribution < -0.4 is 9.47 Å². The van der Waals surface area contributed by atoms with Crippen molar-refractivity contribution in [3.63, 3.8) is 0 Å². The molecule has 0 fully saturated rings. The summed E-state index contributed by atoms with van der Waals surface area (Å²) in [5, 5.41) is 10.1. The first-order valence-corrected chi connectivity index (χ1v) is 8.28. The van der Waals surface area contributed by atoms with Crippen LogP contribution in [0.1, 0.15) is 36.2 Å². The maximum atomic E-state index is 11.8. The molecular weight excluding hydrogens is 320 g/mol. The second-order valence-electron chi connectivity index (χ2n) is 6.01. The average Bonchev–Trinajstić information content (AvgIpc) is 2.96.